The highest BCUT2D eigenvalue weighted by Crippen LogP contribution is 2.28. The third-order valence-electron chi connectivity index (χ3n) is 6.00. The van der Waals surface area contributed by atoms with E-state index in [1.165, 1.54) is 6.21 Å². The van der Waals surface area contributed by atoms with Gasteiger partial charge in [-0.15, -0.1) is 0 Å². The molecule has 0 aliphatic carbocycles. The minimum atomic E-state index is -0.793. The molecule has 38 heavy (non-hydrogen) atoms. The van der Waals surface area contributed by atoms with Crippen molar-refractivity contribution in [3.05, 3.63) is 119 Å². The molecule has 0 spiro atoms. The number of ether oxygens (including phenoxy) is 2. The molecular formula is C31H23ClN2O4. The molecule has 0 aliphatic heterocycles. The molecule has 1 amide bonds. The predicted octanol–water partition coefficient (Wildman–Crippen LogP) is 6.78. The first kappa shape index (κ1) is 25.0. The molecule has 6 nitrogen and oxygen atoms in total. The minimum Gasteiger partial charge on any atom is -0.481 e. The molecule has 0 aliphatic rings. The van der Waals surface area contributed by atoms with Gasteiger partial charge in [-0.3, -0.25) is 4.79 Å². The number of carbonyl (C=O) groups is 2. The zero-order valence-electron chi connectivity index (χ0n) is 20.4. The first-order chi connectivity index (χ1) is 18.5. The second-order valence-corrected chi connectivity index (χ2v) is 8.98. The fourth-order valence-corrected chi connectivity index (χ4v) is 4.24. The fraction of sp³-hybridized carbons (Fsp3) is 0.0645. The molecule has 0 unspecified atom stereocenters. The Morgan fingerprint density at radius 2 is 1.53 bits per heavy atom. The molecule has 1 N–H and O–H groups in total. The van der Waals surface area contributed by atoms with Gasteiger partial charge in [-0.1, -0.05) is 84.4 Å². The summed E-state index contributed by atoms with van der Waals surface area (Å²) in [5.41, 5.74) is 3.30. The molecule has 7 heteroatoms. The van der Waals surface area contributed by atoms with Crippen molar-refractivity contribution in [3.8, 4) is 11.5 Å². The second-order valence-electron chi connectivity index (χ2n) is 8.57. The summed E-state index contributed by atoms with van der Waals surface area (Å²) in [5.74, 6) is -0.156. The van der Waals surface area contributed by atoms with Gasteiger partial charge in [-0.2, -0.15) is 5.10 Å². The zero-order valence-corrected chi connectivity index (χ0v) is 21.2. The molecule has 5 aromatic rings. The van der Waals surface area contributed by atoms with Gasteiger partial charge in [0.2, 0.25) is 0 Å². The largest absolute Gasteiger partial charge is 0.481 e. The van der Waals surface area contributed by atoms with Crippen LogP contribution in [-0.2, 0) is 4.79 Å². The highest BCUT2D eigenvalue weighted by Gasteiger charge is 2.17. The molecule has 5 aromatic carbocycles. The van der Waals surface area contributed by atoms with Gasteiger partial charge in [0.05, 0.1) is 16.8 Å². The van der Waals surface area contributed by atoms with Crippen molar-refractivity contribution in [1.82, 2.24) is 5.43 Å². The van der Waals surface area contributed by atoms with E-state index in [0.29, 0.717) is 16.3 Å². The molecule has 0 saturated heterocycles. The Morgan fingerprint density at radius 1 is 0.842 bits per heavy atom. The molecule has 0 saturated carbocycles. The van der Waals surface area contributed by atoms with Crippen molar-refractivity contribution in [2.75, 3.05) is 0 Å². The molecule has 5 rings (SSSR count). The van der Waals surface area contributed by atoms with Gasteiger partial charge in [0, 0.05) is 5.56 Å². The topological polar surface area (TPSA) is 77.0 Å². The Kier molecular flexibility index (Phi) is 7.33. The predicted molar refractivity (Wildman–Crippen MR) is 150 cm³/mol. The normalized spacial score (nSPS) is 11.9. The maximum atomic E-state index is 12.8. The average molecular weight is 523 g/mol. The highest BCUT2D eigenvalue weighted by molar-refractivity contribution is 6.33. The Hall–Kier alpha value is -4.68. The van der Waals surface area contributed by atoms with Gasteiger partial charge < -0.3 is 9.47 Å². The van der Waals surface area contributed by atoms with Crippen molar-refractivity contribution in [2.24, 2.45) is 5.10 Å². The Balaban J connectivity index is 1.33. The van der Waals surface area contributed by atoms with E-state index < -0.39 is 18.0 Å². The maximum Gasteiger partial charge on any atom is 0.345 e. The SMILES string of the molecule is C[C@@H](Oc1ccc2ccccc2c1)C(=O)N/N=C\c1c(OC(=O)c2ccccc2Cl)ccc2ccccc12. The van der Waals surface area contributed by atoms with E-state index >= 15 is 0 Å². The second kappa shape index (κ2) is 11.2. The number of nitrogens with one attached hydrogen (secondary N) is 1. The molecule has 0 radical (unpaired) electrons. The number of benzene rings is 5. The fourth-order valence-electron chi connectivity index (χ4n) is 4.03. The van der Waals surface area contributed by atoms with Crippen LogP contribution < -0.4 is 14.9 Å². The Labute approximate surface area is 224 Å². The summed E-state index contributed by atoms with van der Waals surface area (Å²) in [5, 5.41) is 8.26. The van der Waals surface area contributed by atoms with Crippen molar-refractivity contribution in [3.63, 3.8) is 0 Å². The lowest BCUT2D eigenvalue weighted by Crippen LogP contribution is -2.33. The van der Waals surface area contributed by atoms with Gasteiger partial charge in [0.25, 0.3) is 5.91 Å². The molecule has 1 atom stereocenters. The van der Waals surface area contributed by atoms with E-state index in [9.17, 15) is 9.59 Å². The summed E-state index contributed by atoms with van der Waals surface area (Å²) < 4.78 is 11.5. The summed E-state index contributed by atoms with van der Waals surface area (Å²) in [6.07, 6.45) is 0.663. The minimum absolute atomic E-state index is 0.248. The first-order valence-corrected chi connectivity index (χ1v) is 12.3. The molecule has 188 valence electrons. The van der Waals surface area contributed by atoms with E-state index in [4.69, 9.17) is 21.1 Å². The standard InChI is InChI=1S/C31H23ClN2O4/c1-20(37-24-16-14-21-8-2-3-10-23(21)18-24)30(35)34-33-19-27-25-11-5-4-9-22(25)15-17-29(27)38-31(36)26-12-6-7-13-28(26)32/h2-20H,1H3,(H,34,35)/b33-19-/t20-/m1/s1. The average Bonchev–Trinajstić information content (AvgIpc) is 2.94. The van der Waals surface area contributed by atoms with Gasteiger partial charge in [0.1, 0.15) is 11.5 Å². The summed E-state index contributed by atoms with van der Waals surface area (Å²) in [7, 11) is 0. The van der Waals surface area contributed by atoms with Crippen LogP contribution in [0.1, 0.15) is 22.8 Å². The number of hydrogen-bond acceptors (Lipinski definition) is 5. The maximum absolute atomic E-state index is 12.8. The quantitative estimate of drug-likeness (QED) is 0.111. The smallest absolute Gasteiger partial charge is 0.345 e. The van der Waals surface area contributed by atoms with Crippen LogP contribution in [0, 0.1) is 0 Å². The third-order valence-corrected chi connectivity index (χ3v) is 6.33. The van der Waals surface area contributed by atoms with Gasteiger partial charge in [-0.25, -0.2) is 10.2 Å². The van der Waals surface area contributed by atoms with Crippen LogP contribution in [-0.4, -0.2) is 24.2 Å². The van der Waals surface area contributed by atoms with Crippen LogP contribution in [0.3, 0.4) is 0 Å². The van der Waals surface area contributed by atoms with E-state index in [2.05, 4.69) is 10.5 Å². The number of rotatable bonds is 7. The number of hydrogen-bond donors (Lipinski definition) is 1. The number of carbonyl (C=O) groups excluding carboxylic acids is 2. The van der Waals surface area contributed by atoms with Crippen LogP contribution in [0.15, 0.2) is 108 Å². The van der Waals surface area contributed by atoms with Crippen molar-refractivity contribution in [2.45, 2.75) is 13.0 Å². The lowest BCUT2D eigenvalue weighted by Gasteiger charge is -2.14. The number of amides is 1. The summed E-state index contributed by atoms with van der Waals surface area (Å²) in [4.78, 5) is 25.5. The monoisotopic (exact) mass is 522 g/mol. The van der Waals surface area contributed by atoms with Gasteiger partial charge >= 0.3 is 5.97 Å². The Bertz CT molecular complexity index is 1680. The lowest BCUT2D eigenvalue weighted by molar-refractivity contribution is -0.127. The lowest BCUT2D eigenvalue weighted by atomic mass is 10.0. The molecule has 0 heterocycles. The molecule has 0 aromatic heterocycles. The number of halogens is 1. The van der Waals surface area contributed by atoms with Crippen LogP contribution in [0.4, 0.5) is 0 Å². The highest BCUT2D eigenvalue weighted by atomic mass is 35.5. The zero-order chi connectivity index (χ0) is 26.5. The third kappa shape index (κ3) is 5.51. The number of fused-ring (bicyclic) bond motifs is 2. The van der Waals surface area contributed by atoms with Crippen LogP contribution >= 0.6 is 11.6 Å². The molecular weight excluding hydrogens is 500 g/mol. The number of nitrogens with zero attached hydrogens (tertiary/aromatic N) is 1. The first-order valence-electron chi connectivity index (χ1n) is 12.0. The Morgan fingerprint density at radius 3 is 2.34 bits per heavy atom. The van der Waals surface area contributed by atoms with Gasteiger partial charge in [-0.05, 0) is 58.8 Å². The van der Waals surface area contributed by atoms with Crippen molar-refractivity contribution >= 4 is 51.2 Å². The van der Waals surface area contributed by atoms with Crippen LogP contribution in [0.5, 0.6) is 11.5 Å². The summed E-state index contributed by atoms with van der Waals surface area (Å²) in [6, 6.07) is 31.4. The van der Waals surface area contributed by atoms with Crippen LogP contribution in [0.25, 0.3) is 21.5 Å². The van der Waals surface area contributed by atoms with E-state index in [1.54, 1.807) is 37.3 Å². The number of hydrazone groups is 1. The van der Waals surface area contributed by atoms with Crippen LogP contribution in [0.2, 0.25) is 5.02 Å². The summed E-state index contributed by atoms with van der Waals surface area (Å²) in [6.45, 7) is 1.65. The van der Waals surface area contributed by atoms with Crippen molar-refractivity contribution < 1.29 is 19.1 Å². The van der Waals surface area contributed by atoms with E-state index in [1.807, 2.05) is 72.8 Å². The molecule has 0 fully saturated rings. The van der Waals surface area contributed by atoms with Crippen molar-refractivity contribution in [1.29, 1.82) is 0 Å². The molecule has 0 bridgehead atoms. The van der Waals surface area contributed by atoms with E-state index in [-0.39, 0.29) is 11.3 Å². The summed E-state index contributed by atoms with van der Waals surface area (Å²) >= 11 is 6.17. The van der Waals surface area contributed by atoms with Gasteiger partial charge in [0.15, 0.2) is 6.10 Å². The van der Waals surface area contributed by atoms with E-state index in [0.717, 1.165) is 21.5 Å². The number of esters is 1.